The number of para-hydroxylation sites is 1. The second kappa shape index (κ2) is 3.21. The predicted molar refractivity (Wildman–Crippen MR) is 51.6 cm³/mol. The van der Waals surface area contributed by atoms with Crippen molar-refractivity contribution in [1.82, 2.24) is 4.33 Å². The number of hydrogen-bond donors (Lipinski definition) is 1. The number of allylic oxidation sites excluding steroid dienone is 1. The molecule has 0 spiro atoms. The zero-order valence-electron chi connectivity index (χ0n) is 6.82. The molecule has 0 bridgehead atoms. The molecule has 0 radical (unpaired) electrons. The van der Waals surface area contributed by atoms with Crippen LogP contribution in [0.4, 0.5) is 5.69 Å². The van der Waals surface area contributed by atoms with E-state index in [9.17, 15) is 0 Å². The van der Waals surface area contributed by atoms with Gasteiger partial charge in [-0.15, -0.1) is 0 Å². The van der Waals surface area contributed by atoms with Gasteiger partial charge in [0.05, 0.1) is 0 Å². The molecule has 1 heterocycles. The van der Waals surface area contributed by atoms with Gasteiger partial charge in [0.1, 0.15) is 0 Å². The van der Waals surface area contributed by atoms with Crippen LogP contribution in [0.2, 0.25) is 0 Å². The molecule has 1 aliphatic heterocycles. The van der Waals surface area contributed by atoms with Gasteiger partial charge in [0, 0.05) is 0 Å². The summed E-state index contributed by atoms with van der Waals surface area (Å²) in [5.74, 6) is 0. The Balaban J connectivity index is 2.27. The van der Waals surface area contributed by atoms with Crippen LogP contribution in [-0.4, -0.2) is 15.4 Å². The molecular weight excluding hydrogens is 215 g/mol. The third-order valence-corrected chi connectivity index (χ3v) is 3.62. The van der Waals surface area contributed by atoms with Crippen LogP contribution in [0.3, 0.4) is 0 Å². The minimum atomic E-state index is 0.353. The Bertz CT molecular complexity index is 295. The van der Waals surface area contributed by atoms with Crippen LogP contribution in [0.15, 0.2) is 42.2 Å². The van der Waals surface area contributed by atoms with Crippen molar-refractivity contribution in [3.05, 3.63) is 42.2 Å². The second-order valence-corrected chi connectivity index (χ2v) is 4.27. The van der Waals surface area contributed by atoms with E-state index < -0.39 is 0 Å². The molecule has 12 heavy (non-hydrogen) atoms. The van der Waals surface area contributed by atoms with Crippen molar-refractivity contribution in [2.45, 2.75) is 6.92 Å². The van der Waals surface area contributed by atoms with Gasteiger partial charge in [-0.2, -0.15) is 0 Å². The number of benzene rings is 1. The van der Waals surface area contributed by atoms with E-state index in [0.717, 1.165) is 0 Å². The molecule has 0 atom stereocenters. The summed E-state index contributed by atoms with van der Waals surface area (Å²) in [5, 5.41) is 0. The average molecular weight is 225 g/mol. The van der Waals surface area contributed by atoms with Crippen molar-refractivity contribution < 1.29 is 0 Å². The van der Waals surface area contributed by atoms with Crippen molar-refractivity contribution in [2.24, 2.45) is 0 Å². The standard InChI is InChI=1S/C9H10N2Se/c1-8-7-10-12-11(8)9-5-3-2-4-6-9/h2-7,10H,1H3. The molecule has 0 amide bonds. The summed E-state index contributed by atoms with van der Waals surface area (Å²) < 4.78 is 5.55. The Hall–Kier alpha value is -0.921. The molecule has 0 saturated heterocycles. The second-order valence-electron chi connectivity index (χ2n) is 2.62. The Kier molecular flexibility index (Phi) is 2.07. The maximum absolute atomic E-state index is 3.25. The van der Waals surface area contributed by atoms with E-state index in [0.29, 0.717) is 15.4 Å². The topological polar surface area (TPSA) is 15.3 Å². The van der Waals surface area contributed by atoms with E-state index >= 15 is 0 Å². The van der Waals surface area contributed by atoms with Gasteiger partial charge in [-0.05, 0) is 0 Å². The summed E-state index contributed by atoms with van der Waals surface area (Å²) in [4.78, 5) is 0. The van der Waals surface area contributed by atoms with Crippen molar-refractivity contribution in [1.29, 1.82) is 0 Å². The van der Waals surface area contributed by atoms with E-state index in [1.165, 1.54) is 11.4 Å². The van der Waals surface area contributed by atoms with Crippen molar-refractivity contribution >= 4 is 21.1 Å². The van der Waals surface area contributed by atoms with E-state index in [1.807, 2.05) is 6.07 Å². The minimum absolute atomic E-state index is 0.353. The number of nitrogens with zero attached hydrogens (tertiary/aromatic N) is 1. The molecule has 1 aliphatic rings. The van der Waals surface area contributed by atoms with Crippen LogP contribution in [0.5, 0.6) is 0 Å². The summed E-state index contributed by atoms with van der Waals surface area (Å²) in [5.41, 5.74) is 2.57. The van der Waals surface area contributed by atoms with Gasteiger partial charge in [-0.3, -0.25) is 0 Å². The van der Waals surface area contributed by atoms with E-state index in [1.54, 1.807) is 0 Å². The molecule has 1 N–H and O–H groups in total. The number of hydrogen-bond acceptors (Lipinski definition) is 2. The average Bonchev–Trinajstić information content (AvgIpc) is 2.53. The monoisotopic (exact) mass is 226 g/mol. The van der Waals surface area contributed by atoms with Crippen LogP contribution < -0.4 is 8.25 Å². The fourth-order valence-electron chi connectivity index (χ4n) is 1.11. The summed E-state index contributed by atoms with van der Waals surface area (Å²) in [6.07, 6.45) is 2.06. The third-order valence-electron chi connectivity index (χ3n) is 1.72. The molecule has 3 heteroatoms. The zero-order valence-corrected chi connectivity index (χ0v) is 8.53. The Morgan fingerprint density at radius 1 is 1.25 bits per heavy atom. The van der Waals surface area contributed by atoms with Crippen molar-refractivity contribution in [2.75, 3.05) is 3.92 Å². The first kappa shape index (κ1) is 7.71. The van der Waals surface area contributed by atoms with Crippen molar-refractivity contribution in [3.8, 4) is 0 Å². The maximum atomic E-state index is 3.25. The molecule has 1 aromatic rings. The molecule has 0 unspecified atom stereocenters. The molecular formula is C9H10N2Se. The first-order chi connectivity index (χ1) is 5.88. The molecule has 1 aromatic carbocycles. The van der Waals surface area contributed by atoms with Gasteiger partial charge in [-0.1, -0.05) is 0 Å². The third kappa shape index (κ3) is 1.33. The molecule has 2 nitrogen and oxygen atoms in total. The zero-order chi connectivity index (χ0) is 8.39. The first-order valence-corrected chi connectivity index (χ1v) is 5.44. The van der Waals surface area contributed by atoms with E-state index in [-0.39, 0.29) is 0 Å². The van der Waals surface area contributed by atoms with Gasteiger partial charge < -0.3 is 0 Å². The summed E-state index contributed by atoms with van der Waals surface area (Å²) >= 11 is 0.353. The quantitative estimate of drug-likeness (QED) is 0.728. The van der Waals surface area contributed by atoms with Crippen molar-refractivity contribution in [3.63, 3.8) is 0 Å². The Morgan fingerprint density at radius 2 is 2.00 bits per heavy atom. The van der Waals surface area contributed by atoms with Crippen LogP contribution in [0.1, 0.15) is 6.92 Å². The van der Waals surface area contributed by atoms with E-state index in [2.05, 4.69) is 45.6 Å². The first-order valence-electron chi connectivity index (χ1n) is 3.82. The van der Waals surface area contributed by atoms with Gasteiger partial charge in [-0.25, -0.2) is 0 Å². The van der Waals surface area contributed by atoms with Gasteiger partial charge in [0.2, 0.25) is 0 Å². The number of rotatable bonds is 1. The van der Waals surface area contributed by atoms with E-state index in [4.69, 9.17) is 0 Å². The fourth-order valence-corrected chi connectivity index (χ4v) is 2.69. The van der Waals surface area contributed by atoms with Gasteiger partial charge >= 0.3 is 78.5 Å². The molecule has 0 fully saturated rings. The normalized spacial score (nSPS) is 15.8. The Morgan fingerprint density at radius 3 is 2.58 bits per heavy atom. The number of nitrogens with one attached hydrogen (secondary N) is 1. The number of anilines is 1. The molecule has 62 valence electrons. The van der Waals surface area contributed by atoms with Crippen LogP contribution in [0.25, 0.3) is 0 Å². The van der Waals surface area contributed by atoms with Crippen LogP contribution in [-0.2, 0) is 0 Å². The van der Waals surface area contributed by atoms with Crippen LogP contribution in [0, 0.1) is 0 Å². The summed E-state index contributed by atoms with van der Waals surface area (Å²) in [7, 11) is 0. The predicted octanol–water partition coefficient (Wildman–Crippen LogP) is 1.49. The fraction of sp³-hybridized carbons (Fsp3) is 0.111. The molecule has 0 aromatic heterocycles. The molecule has 0 saturated carbocycles. The molecule has 0 aliphatic carbocycles. The van der Waals surface area contributed by atoms with Gasteiger partial charge in [0.25, 0.3) is 0 Å². The summed E-state index contributed by atoms with van der Waals surface area (Å²) in [6.45, 7) is 2.12. The van der Waals surface area contributed by atoms with Crippen LogP contribution >= 0.6 is 0 Å². The Labute approximate surface area is 78.8 Å². The SMILES string of the molecule is CC1=CN[Se]N1c1ccccc1. The molecule has 2 rings (SSSR count). The van der Waals surface area contributed by atoms with Gasteiger partial charge in [0.15, 0.2) is 0 Å². The summed E-state index contributed by atoms with van der Waals surface area (Å²) in [6, 6.07) is 10.4.